The van der Waals surface area contributed by atoms with Crippen molar-refractivity contribution in [3.05, 3.63) is 11.9 Å². The number of aliphatic hydroxyl groups is 1. The molecule has 0 atom stereocenters. The highest BCUT2D eigenvalue weighted by Gasteiger charge is 2.32. The van der Waals surface area contributed by atoms with E-state index in [4.69, 9.17) is 0 Å². The Bertz CT molecular complexity index is 458. The Morgan fingerprint density at radius 3 is 2.62 bits per heavy atom. The van der Waals surface area contributed by atoms with Crippen molar-refractivity contribution < 1.29 is 5.11 Å². The Hall–Kier alpha value is -1.36. The highest BCUT2D eigenvalue weighted by Crippen LogP contribution is 2.31. The summed E-state index contributed by atoms with van der Waals surface area (Å²) in [5, 5.41) is 13.9. The van der Waals surface area contributed by atoms with E-state index in [1.165, 1.54) is 0 Å². The Balaban J connectivity index is 2.12. The predicted molar refractivity (Wildman–Crippen MR) is 86.9 cm³/mol. The van der Waals surface area contributed by atoms with E-state index in [-0.39, 0.29) is 0 Å². The third kappa shape index (κ3) is 4.30. The second kappa shape index (κ2) is 7.07. The van der Waals surface area contributed by atoms with Gasteiger partial charge in [0.15, 0.2) is 0 Å². The van der Waals surface area contributed by atoms with Crippen LogP contribution in [0.15, 0.2) is 6.07 Å². The molecule has 1 aliphatic rings. The lowest BCUT2D eigenvalue weighted by Gasteiger charge is -2.29. The minimum Gasteiger partial charge on any atom is -0.388 e. The number of aryl methyl sites for hydroxylation is 1. The monoisotopic (exact) mass is 292 g/mol. The highest BCUT2D eigenvalue weighted by atomic mass is 16.3. The van der Waals surface area contributed by atoms with Crippen molar-refractivity contribution in [2.75, 3.05) is 30.4 Å². The number of hydrogen-bond acceptors (Lipinski definition) is 5. The molecule has 0 unspecified atom stereocenters. The Labute approximate surface area is 127 Å². The Morgan fingerprint density at radius 1 is 1.29 bits per heavy atom. The molecule has 1 fully saturated rings. The van der Waals surface area contributed by atoms with Crippen molar-refractivity contribution in [2.45, 2.75) is 58.0 Å². The van der Waals surface area contributed by atoms with Gasteiger partial charge in [-0.2, -0.15) is 0 Å². The molecule has 2 N–H and O–H groups in total. The fraction of sp³-hybridized carbons (Fsp3) is 0.750. The third-order valence-corrected chi connectivity index (χ3v) is 4.09. The summed E-state index contributed by atoms with van der Waals surface area (Å²) >= 11 is 0. The van der Waals surface area contributed by atoms with Crippen molar-refractivity contribution >= 4 is 11.6 Å². The van der Waals surface area contributed by atoms with Gasteiger partial charge in [0.2, 0.25) is 0 Å². The SMILES string of the molecule is CCCNc1cc(N(C)CC2(O)CCCC2)nc(CC)n1. The van der Waals surface area contributed by atoms with Crippen LogP contribution in [-0.2, 0) is 6.42 Å². The maximum atomic E-state index is 10.6. The van der Waals surface area contributed by atoms with Crippen molar-refractivity contribution in [1.29, 1.82) is 0 Å². The van der Waals surface area contributed by atoms with Crippen molar-refractivity contribution in [3.8, 4) is 0 Å². The van der Waals surface area contributed by atoms with Gasteiger partial charge in [-0.05, 0) is 19.3 Å². The van der Waals surface area contributed by atoms with Crippen LogP contribution in [0.3, 0.4) is 0 Å². The normalized spacial score (nSPS) is 17.0. The number of likely N-dealkylation sites (N-methyl/N-ethyl adjacent to an activating group) is 1. The van der Waals surface area contributed by atoms with E-state index < -0.39 is 5.60 Å². The fourth-order valence-corrected chi connectivity index (χ4v) is 2.89. The maximum absolute atomic E-state index is 10.6. The van der Waals surface area contributed by atoms with E-state index in [2.05, 4.69) is 34.0 Å². The molecule has 118 valence electrons. The largest absolute Gasteiger partial charge is 0.388 e. The van der Waals surface area contributed by atoms with Crippen LogP contribution in [0.1, 0.15) is 51.8 Å². The van der Waals surface area contributed by atoms with Crippen LogP contribution in [0.4, 0.5) is 11.6 Å². The zero-order chi connectivity index (χ0) is 15.3. The first-order chi connectivity index (χ1) is 10.1. The molecule has 0 aliphatic heterocycles. The molecule has 0 amide bonds. The number of nitrogens with one attached hydrogen (secondary N) is 1. The van der Waals surface area contributed by atoms with Crippen LogP contribution in [0.2, 0.25) is 0 Å². The van der Waals surface area contributed by atoms with Crippen molar-refractivity contribution in [3.63, 3.8) is 0 Å². The molecule has 1 heterocycles. The van der Waals surface area contributed by atoms with Gasteiger partial charge in [0, 0.05) is 32.6 Å². The van der Waals surface area contributed by atoms with Gasteiger partial charge in [-0.15, -0.1) is 0 Å². The molecule has 0 aromatic carbocycles. The molecule has 1 saturated carbocycles. The van der Waals surface area contributed by atoms with Crippen LogP contribution in [-0.4, -0.2) is 40.8 Å². The molecule has 1 aliphatic carbocycles. The summed E-state index contributed by atoms with van der Waals surface area (Å²) in [4.78, 5) is 11.2. The molecule has 5 nitrogen and oxygen atoms in total. The summed E-state index contributed by atoms with van der Waals surface area (Å²) in [6.07, 6.45) is 5.91. The molecule has 2 rings (SSSR count). The number of aromatic nitrogens is 2. The number of rotatable bonds is 7. The summed E-state index contributed by atoms with van der Waals surface area (Å²) in [6, 6.07) is 1.98. The highest BCUT2D eigenvalue weighted by molar-refractivity contribution is 5.49. The minimum absolute atomic E-state index is 0.552. The van der Waals surface area contributed by atoms with Gasteiger partial charge >= 0.3 is 0 Å². The van der Waals surface area contributed by atoms with Gasteiger partial charge in [0.1, 0.15) is 17.5 Å². The second-order valence-electron chi connectivity index (χ2n) is 6.10. The molecule has 0 radical (unpaired) electrons. The molecular weight excluding hydrogens is 264 g/mol. The van der Waals surface area contributed by atoms with Crippen LogP contribution in [0.25, 0.3) is 0 Å². The second-order valence-corrected chi connectivity index (χ2v) is 6.10. The first-order valence-corrected chi connectivity index (χ1v) is 8.11. The van der Waals surface area contributed by atoms with Gasteiger partial charge in [-0.1, -0.05) is 26.7 Å². The summed E-state index contributed by atoms with van der Waals surface area (Å²) in [5.41, 5.74) is -0.552. The van der Waals surface area contributed by atoms with Crippen molar-refractivity contribution in [1.82, 2.24) is 9.97 Å². The molecule has 1 aromatic rings. The summed E-state index contributed by atoms with van der Waals surface area (Å²) in [5.74, 6) is 2.61. The van der Waals surface area contributed by atoms with Crippen molar-refractivity contribution in [2.24, 2.45) is 0 Å². The van der Waals surface area contributed by atoms with Crippen LogP contribution in [0.5, 0.6) is 0 Å². The first kappa shape index (κ1) is 16.0. The zero-order valence-electron chi connectivity index (χ0n) is 13.5. The van der Waals surface area contributed by atoms with Gasteiger partial charge in [-0.25, -0.2) is 9.97 Å². The van der Waals surface area contributed by atoms with Gasteiger partial charge in [-0.3, -0.25) is 0 Å². The molecule has 0 saturated heterocycles. The predicted octanol–water partition coefficient (Wildman–Crippen LogP) is 2.60. The molecule has 21 heavy (non-hydrogen) atoms. The van der Waals surface area contributed by atoms with E-state index in [1.807, 2.05) is 13.1 Å². The van der Waals surface area contributed by atoms with Crippen LogP contribution in [0, 0.1) is 0 Å². The lowest BCUT2D eigenvalue weighted by Crippen LogP contribution is -2.39. The molecule has 5 heteroatoms. The number of anilines is 2. The van der Waals surface area contributed by atoms with Gasteiger partial charge in [0.05, 0.1) is 5.60 Å². The summed E-state index contributed by atoms with van der Waals surface area (Å²) < 4.78 is 0. The number of nitrogens with zero attached hydrogens (tertiary/aromatic N) is 3. The standard InChI is InChI=1S/C16H28N4O/c1-4-10-17-14-11-15(19-13(5-2)18-14)20(3)12-16(21)8-6-7-9-16/h11,21H,4-10,12H2,1-3H3,(H,17,18,19). The fourth-order valence-electron chi connectivity index (χ4n) is 2.89. The summed E-state index contributed by atoms with van der Waals surface area (Å²) in [7, 11) is 2.00. The lowest BCUT2D eigenvalue weighted by atomic mass is 10.0. The molecule has 1 aromatic heterocycles. The quantitative estimate of drug-likeness (QED) is 0.809. The molecule has 0 spiro atoms. The smallest absolute Gasteiger partial charge is 0.134 e. The Morgan fingerprint density at radius 2 is 2.00 bits per heavy atom. The number of hydrogen-bond donors (Lipinski definition) is 2. The van der Waals surface area contributed by atoms with Gasteiger partial charge < -0.3 is 15.3 Å². The lowest BCUT2D eigenvalue weighted by molar-refractivity contribution is 0.0558. The van der Waals surface area contributed by atoms with Gasteiger partial charge in [0.25, 0.3) is 0 Å². The topological polar surface area (TPSA) is 61.3 Å². The van der Waals surface area contributed by atoms with Crippen LogP contribution >= 0.6 is 0 Å². The summed E-state index contributed by atoms with van der Waals surface area (Å²) in [6.45, 7) is 5.75. The van der Waals surface area contributed by atoms with E-state index in [0.717, 1.165) is 62.5 Å². The van der Waals surface area contributed by atoms with E-state index in [0.29, 0.717) is 6.54 Å². The average molecular weight is 292 g/mol. The van der Waals surface area contributed by atoms with E-state index in [1.54, 1.807) is 0 Å². The molecule has 0 bridgehead atoms. The maximum Gasteiger partial charge on any atom is 0.134 e. The van der Waals surface area contributed by atoms with E-state index >= 15 is 0 Å². The third-order valence-electron chi connectivity index (χ3n) is 4.09. The first-order valence-electron chi connectivity index (χ1n) is 8.11. The zero-order valence-corrected chi connectivity index (χ0v) is 13.5. The average Bonchev–Trinajstić information content (AvgIpc) is 2.91. The Kier molecular flexibility index (Phi) is 5.39. The minimum atomic E-state index is -0.552. The van der Waals surface area contributed by atoms with E-state index in [9.17, 15) is 5.11 Å². The molecular formula is C16H28N4O. The van der Waals surface area contributed by atoms with Crippen LogP contribution < -0.4 is 10.2 Å².